The maximum atomic E-state index is 13.4. The van der Waals surface area contributed by atoms with Gasteiger partial charge in [0.25, 0.3) is 5.56 Å². The van der Waals surface area contributed by atoms with Crippen molar-refractivity contribution in [2.75, 3.05) is 4.90 Å². The lowest BCUT2D eigenvalue weighted by Crippen LogP contribution is -2.25. The Morgan fingerprint density at radius 2 is 1.92 bits per heavy atom. The zero-order valence-corrected chi connectivity index (χ0v) is 14.9. The zero-order valence-electron chi connectivity index (χ0n) is 13.3. The lowest BCUT2D eigenvalue weighted by molar-refractivity contribution is 0.626. The monoisotopic (exact) mass is 387 g/mol. The number of nitrogens with zero attached hydrogens (tertiary/aromatic N) is 3. The minimum absolute atomic E-state index is 0.0819. The van der Waals surface area contributed by atoms with Gasteiger partial charge in [-0.1, -0.05) is 6.07 Å². The van der Waals surface area contributed by atoms with E-state index >= 15 is 0 Å². The Labute approximate surface area is 146 Å². The van der Waals surface area contributed by atoms with Gasteiger partial charge in [-0.25, -0.2) is 9.37 Å². The van der Waals surface area contributed by atoms with Gasteiger partial charge in [-0.3, -0.25) is 9.20 Å². The van der Waals surface area contributed by atoms with Gasteiger partial charge in [-0.15, -0.1) is 0 Å². The Kier molecular flexibility index (Phi) is 3.46. The number of benzene rings is 1. The molecule has 0 bridgehead atoms. The topological polar surface area (TPSA) is 37.6 Å². The fourth-order valence-corrected chi connectivity index (χ4v) is 3.87. The Morgan fingerprint density at radius 1 is 1.17 bits per heavy atom. The molecule has 3 aromatic rings. The Hall–Kier alpha value is -2.21. The van der Waals surface area contributed by atoms with E-state index in [1.54, 1.807) is 29.7 Å². The van der Waals surface area contributed by atoms with Gasteiger partial charge in [0, 0.05) is 19.3 Å². The molecule has 1 aromatic carbocycles. The molecule has 0 unspecified atom stereocenters. The van der Waals surface area contributed by atoms with Gasteiger partial charge in [0.2, 0.25) is 0 Å². The summed E-state index contributed by atoms with van der Waals surface area (Å²) in [6, 6.07) is 6.76. The first-order valence-corrected chi connectivity index (χ1v) is 8.44. The summed E-state index contributed by atoms with van der Waals surface area (Å²) in [5.74, 6) is 0.415. The van der Waals surface area contributed by atoms with Crippen LogP contribution >= 0.6 is 15.9 Å². The molecule has 24 heavy (non-hydrogen) atoms. The molecule has 4 rings (SSSR count). The highest BCUT2D eigenvalue weighted by Gasteiger charge is 2.24. The average molecular weight is 388 g/mol. The van der Waals surface area contributed by atoms with Gasteiger partial charge in [-0.2, -0.15) is 0 Å². The van der Waals surface area contributed by atoms with Crippen molar-refractivity contribution in [2.24, 2.45) is 0 Å². The molecule has 0 saturated carbocycles. The van der Waals surface area contributed by atoms with Crippen LogP contribution in [0.5, 0.6) is 0 Å². The standard InChI is InChI=1S/C18H15BrFN3O/c1-10-5-15(19)17-21-16(11(2)18(24)23(17)7-10)22-8-12-3-4-14(20)6-13(12)9-22/h3-7H,8-9H2,1-2H3. The van der Waals surface area contributed by atoms with E-state index in [0.717, 1.165) is 21.2 Å². The fourth-order valence-electron chi connectivity index (χ4n) is 3.22. The summed E-state index contributed by atoms with van der Waals surface area (Å²) in [7, 11) is 0. The van der Waals surface area contributed by atoms with Crippen LogP contribution in [0.2, 0.25) is 0 Å². The largest absolute Gasteiger partial charge is 0.347 e. The molecule has 0 N–H and O–H groups in total. The highest BCUT2D eigenvalue weighted by molar-refractivity contribution is 9.10. The van der Waals surface area contributed by atoms with Gasteiger partial charge < -0.3 is 4.90 Å². The molecule has 2 aromatic heterocycles. The van der Waals surface area contributed by atoms with Crippen molar-refractivity contribution < 1.29 is 4.39 Å². The van der Waals surface area contributed by atoms with Gasteiger partial charge in [0.1, 0.15) is 11.6 Å². The third kappa shape index (κ3) is 2.33. The number of rotatable bonds is 1. The second-order valence-corrected chi connectivity index (χ2v) is 7.05. The molecule has 0 aliphatic carbocycles. The number of hydrogen-bond donors (Lipinski definition) is 0. The van der Waals surface area contributed by atoms with Crippen LogP contribution < -0.4 is 10.5 Å². The summed E-state index contributed by atoms with van der Waals surface area (Å²) in [4.78, 5) is 19.5. The van der Waals surface area contributed by atoms with E-state index in [1.807, 2.05) is 17.9 Å². The zero-order chi connectivity index (χ0) is 17.0. The minimum Gasteiger partial charge on any atom is -0.347 e. The summed E-state index contributed by atoms with van der Waals surface area (Å²) >= 11 is 3.50. The summed E-state index contributed by atoms with van der Waals surface area (Å²) < 4.78 is 15.8. The van der Waals surface area contributed by atoms with Crippen molar-refractivity contribution in [3.8, 4) is 0 Å². The van der Waals surface area contributed by atoms with E-state index in [-0.39, 0.29) is 11.4 Å². The van der Waals surface area contributed by atoms with Gasteiger partial charge in [-0.05, 0) is 64.7 Å². The Morgan fingerprint density at radius 3 is 2.71 bits per heavy atom. The molecule has 4 nitrogen and oxygen atoms in total. The number of pyridine rings is 1. The maximum Gasteiger partial charge on any atom is 0.262 e. The molecular formula is C18H15BrFN3O. The van der Waals surface area contributed by atoms with Crippen LogP contribution in [-0.4, -0.2) is 9.38 Å². The Balaban J connectivity index is 1.87. The van der Waals surface area contributed by atoms with E-state index in [1.165, 1.54) is 6.07 Å². The third-order valence-electron chi connectivity index (χ3n) is 4.41. The fraction of sp³-hybridized carbons (Fsp3) is 0.222. The maximum absolute atomic E-state index is 13.4. The van der Waals surface area contributed by atoms with Crippen LogP contribution in [0.15, 0.2) is 39.7 Å². The molecule has 0 amide bonds. The molecule has 1 aliphatic heterocycles. The number of hydrogen-bond acceptors (Lipinski definition) is 3. The van der Waals surface area contributed by atoms with Gasteiger partial charge >= 0.3 is 0 Å². The summed E-state index contributed by atoms with van der Waals surface area (Å²) in [5.41, 5.74) is 4.10. The molecule has 1 aliphatic rings. The van der Waals surface area contributed by atoms with Gasteiger partial charge in [0.15, 0.2) is 5.65 Å². The number of halogens is 2. The number of anilines is 1. The van der Waals surface area contributed by atoms with Crippen molar-refractivity contribution in [1.82, 2.24) is 9.38 Å². The number of fused-ring (bicyclic) bond motifs is 2. The van der Waals surface area contributed by atoms with E-state index in [0.29, 0.717) is 30.1 Å². The first-order valence-electron chi connectivity index (χ1n) is 7.65. The molecule has 3 heterocycles. The first kappa shape index (κ1) is 15.3. The van der Waals surface area contributed by atoms with E-state index in [9.17, 15) is 9.18 Å². The quantitative estimate of drug-likeness (QED) is 0.638. The minimum atomic E-state index is -0.239. The smallest absolute Gasteiger partial charge is 0.262 e. The van der Waals surface area contributed by atoms with Crippen LogP contribution in [-0.2, 0) is 13.1 Å². The predicted molar refractivity (Wildman–Crippen MR) is 94.9 cm³/mol. The second kappa shape index (κ2) is 5.41. The predicted octanol–water partition coefficient (Wildman–Crippen LogP) is 3.73. The lowest BCUT2D eigenvalue weighted by Gasteiger charge is -2.19. The van der Waals surface area contributed by atoms with Gasteiger partial charge in [0.05, 0.1) is 10.0 Å². The Bertz CT molecular complexity index is 1040. The molecule has 0 atom stereocenters. The molecule has 0 saturated heterocycles. The molecule has 0 fully saturated rings. The number of aromatic nitrogens is 2. The van der Waals surface area contributed by atoms with Crippen LogP contribution in [0.3, 0.4) is 0 Å². The summed E-state index contributed by atoms with van der Waals surface area (Å²) in [5, 5.41) is 0. The van der Waals surface area contributed by atoms with Crippen molar-refractivity contribution in [3.05, 3.63) is 73.4 Å². The van der Waals surface area contributed by atoms with Crippen molar-refractivity contribution in [2.45, 2.75) is 26.9 Å². The molecule has 6 heteroatoms. The highest BCUT2D eigenvalue weighted by Crippen LogP contribution is 2.30. The summed E-state index contributed by atoms with van der Waals surface area (Å²) in [6.45, 7) is 4.91. The van der Waals surface area contributed by atoms with E-state index < -0.39 is 0 Å². The van der Waals surface area contributed by atoms with Crippen molar-refractivity contribution in [3.63, 3.8) is 0 Å². The molecule has 122 valence electrons. The van der Waals surface area contributed by atoms with E-state index in [2.05, 4.69) is 15.9 Å². The second-order valence-electron chi connectivity index (χ2n) is 6.19. The lowest BCUT2D eigenvalue weighted by atomic mass is 10.1. The number of aryl methyl sites for hydroxylation is 1. The van der Waals surface area contributed by atoms with Crippen molar-refractivity contribution >= 4 is 27.4 Å². The molecule has 0 radical (unpaired) electrons. The highest BCUT2D eigenvalue weighted by atomic mass is 79.9. The van der Waals surface area contributed by atoms with E-state index in [4.69, 9.17) is 4.98 Å². The van der Waals surface area contributed by atoms with Crippen LogP contribution in [0.1, 0.15) is 22.3 Å². The van der Waals surface area contributed by atoms with Crippen molar-refractivity contribution in [1.29, 1.82) is 0 Å². The summed E-state index contributed by atoms with van der Waals surface area (Å²) in [6.07, 6.45) is 1.79. The third-order valence-corrected chi connectivity index (χ3v) is 4.99. The molecular weight excluding hydrogens is 373 g/mol. The van der Waals surface area contributed by atoms with Crippen LogP contribution in [0, 0.1) is 19.7 Å². The van der Waals surface area contributed by atoms with Crippen LogP contribution in [0.4, 0.5) is 10.2 Å². The normalized spacial score (nSPS) is 13.6. The first-order chi connectivity index (χ1) is 11.4. The average Bonchev–Trinajstić information content (AvgIpc) is 2.94. The SMILES string of the molecule is Cc1cc(Br)c2nc(N3Cc4ccc(F)cc4C3)c(C)c(=O)n2c1. The van der Waals surface area contributed by atoms with Crippen LogP contribution in [0.25, 0.3) is 5.65 Å². The molecule has 0 spiro atoms.